The van der Waals surface area contributed by atoms with E-state index in [0.717, 1.165) is 12.1 Å². The molecule has 0 amide bonds. The van der Waals surface area contributed by atoms with Crippen LogP contribution in [0.4, 0.5) is 26.3 Å². The van der Waals surface area contributed by atoms with Crippen molar-refractivity contribution < 1.29 is 89.4 Å². The minimum atomic E-state index is -6.35. The summed E-state index contributed by atoms with van der Waals surface area (Å²) in [5.74, 6) is 0.181. The molecule has 0 heterocycles. The summed E-state index contributed by atoms with van der Waals surface area (Å²) in [6.45, 7) is 0. The molecule has 0 saturated heterocycles. The van der Waals surface area contributed by atoms with Gasteiger partial charge < -0.3 is 46.3 Å². The second kappa shape index (κ2) is 19.4. The van der Waals surface area contributed by atoms with Crippen LogP contribution in [-0.4, -0.2) is 84.7 Å². The van der Waals surface area contributed by atoms with Crippen LogP contribution in [-0.2, 0) is 52.3 Å². The molecule has 0 aliphatic heterocycles. The van der Waals surface area contributed by atoms with Crippen LogP contribution in [0.3, 0.4) is 0 Å². The van der Waals surface area contributed by atoms with Gasteiger partial charge in [0.1, 0.15) is 57.5 Å². The Morgan fingerprint density at radius 1 is 0.299 bits per heavy atom. The standard InChI is InChI=1S/C45H44F6O14S2/c1-56-34-15-25-10-27-17-39(61-6)29(19-38(27)60-5)12-32-20-41(63-8)31(23-43(32)65-67(54,55)45(49,50)51)13-33-21-40(62-7)30(22-42(33)64-66(52,53)44(46,47)48)11-28-18-36(58-3)26(16-37(28)59-4)9-24(34)14-35(25)57-2/h14-23H,9-13H2,1-8H3. The molecule has 0 radical (unpaired) electrons. The predicted molar refractivity (Wildman–Crippen MR) is 230 cm³/mol. The molecular weight excluding hydrogens is 943 g/mol. The Morgan fingerprint density at radius 3 is 0.567 bits per heavy atom. The maximum absolute atomic E-state index is 13.9. The van der Waals surface area contributed by atoms with Gasteiger partial charge in [0.05, 0.1) is 56.9 Å². The van der Waals surface area contributed by atoms with Crippen LogP contribution in [0.25, 0.3) is 0 Å². The lowest BCUT2D eigenvalue weighted by Crippen LogP contribution is -2.28. The normalized spacial score (nSPS) is 13.2. The third kappa shape index (κ3) is 10.4. The lowest BCUT2D eigenvalue weighted by molar-refractivity contribution is -0.0505. The topological polar surface area (TPSA) is 161 Å². The lowest BCUT2D eigenvalue weighted by atomic mass is 9.94. The molecule has 10 bridgehead atoms. The summed E-state index contributed by atoms with van der Waals surface area (Å²) in [5, 5.41) is 0. The van der Waals surface area contributed by atoms with Gasteiger partial charge in [-0.3, -0.25) is 0 Å². The number of hydrogen-bond acceptors (Lipinski definition) is 14. The van der Waals surface area contributed by atoms with Crippen LogP contribution in [0.2, 0.25) is 0 Å². The zero-order chi connectivity index (χ0) is 49.2. The molecule has 10 aliphatic carbocycles. The Balaban J connectivity index is 1.70. The summed E-state index contributed by atoms with van der Waals surface area (Å²) in [7, 11) is -1.77. The summed E-state index contributed by atoms with van der Waals surface area (Å²) in [4.78, 5) is 0. The van der Waals surface area contributed by atoms with Crippen LogP contribution in [0.15, 0.2) is 60.7 Å². The number of rotatable bonds is 12. The Labute approximate surface area is 382 Å². The molecule has 0 saturated carbocycles. The van der Waals surface area contributed by atoms with Crippen LogP contribution in [0.1, 0.15) is 55.6 Å². The Morgan fingerprint density at radius 2 is 0.433 bits per heavy atom. The first-order chi connectivity index (χ1) is 31.5. The first kappa shape index (κ1) is 50.0. The van der Waals surface area contributed by atoms with Crippen LogP contribution < -0.4 is 46.3 Å². The highest BCUT2D eigenvalue weighted by molar-refractivity contribution is 7.88. The summed E-state index contributed by atoms with van der Waals surface area (Å²) in [5.41, 5.74) is -9.19. The Hall–Kier alpha value is -6.42. The van der Waals surface area contributed by atoms with Crippen molar-refractivity contribution in [2.45, 2.75) is 43.1 Å². The second-order valence-electron chi connectivity index (χ2n) is 14.8. The van der Waals surface area contributed by atoms with E-state index in [9.17, 15) is 43.2 Å². The maximum Gasteiger partial charge on any atom is 0.534 e. The van der Waals surface area contributed by atoms with Crippen molar-refractivity contribution in [2.75, 3.05) is 56.9 Å². The summed E-state index contributed by atoms with van der Waals surface area (Å²) in [6.07, 6.45) is -0.773. The van der Waals surface area contributed by atoms with E-state index in [1.807, 2.05) is 0 Å². The zero-order valence-corrected chi connectivity index (χ0v) is 38.7. The van der Waals surface area contributed by atoms with Crippen LogP contribution in [0, 0.1) is 0 Å². The van der Waals surface area contributed by atoms with Gasteiger partial charge in [-0.1, -0.05) is 0 Å². The smallest absolute Gasteiger partial charge is 0.496 e. The average molecular weight is 987 g/mol. The molecular formula is C45H44F6O14S2. The molecule has 362 valence electrons. The van der Waals surface area contributed by atoms with Crippen molar-refractivity contribution in [3.05, 3.63) is 116 Å². The largest absolute Gasteiger partial charge is 0.534 e. The fourth-order valence-corrected chi connectivity index (χ4v) is 8.61. The van der Waals surface area contributed by atoms with E-state index in [1.165, 1.54) is 75.1 Å². The third-order valence-electron chi connectivity index (χ3n) is 10.8. The Bertz CT molecular complexity index is 2850. The number of halogens is 6. The van der Waals surface area contributed by atoms with Crippen molar-refractivity contribution in [1.82, 2.24) is 0 Å². The van der Waals surface area contributed by atoms with E-state index in [4.69, 9.17) is 46.3 Å². The van der Waals surface area contributed by atoms with Crippen molar-refractivity contribution in [3.8, 4) is 57.5 Å². The molecule has 0 spiro atoms. The lowest BCUT2D eigenvalue weighted by Gasteiger charge is -2.21. The minimum absolute atomic E-state index is 0.00417. The van der Waals surface area contributed by atoms with Gasteiger partial charge in [0.25, 0.3) is 0 Å². The summed E-state index contributed by atoms with van der Waals surface area (Å²) < 4.78 is 189. The van der Waals surface area contributed by atoms with Crippen LogP contribution in [0.5, 0.6) is 57.5 Å². The van der Waals surface area contributed by atoms with E-state index >= 15 is 0 Å². The molecule has 0 atom stereocenters. The van der Waals surface area contributed by atoms with Crippen LogP contribution >= 0.6 is 0 Å². The monoisotopic (exact) mass is 986 g/mol. The molecule has 14 nitrogen and oxygen atoms in total. The maximum atomic E-state index is 13.9. The van der Waals surface area contributed by atoms with Gasteiger partial charge in [-0.05, 0) is 60.7 Å². The van der Waals surface area contributed by atoms with Gasteiger partial charge in [-0.2, -0.15) is 43.2 Å². The number of hydrogen-bond donors (Lipinski definition) is 0. The SMILES string of the molecule is COc1cc2c(OC)cc1Cc1cc(OC)c(cc1OC)Cc1cc(OS(=O)(=O)C(F)(F)F)c(cc1OC)Cc1cc(OS(=O)(=O)C(F)(F)F)c(cc1OC)Cc1cc(OC)c(cc1OC)C2. The van der Waals surface area contributed by atoms with Gasteiger partial charge in [0.15, 0.2) is 0 Å². The Kier molecular flexibility index (Phi) is 14.5. The third-order valence-corrected chi connectivity index (χ3v) is 12.8. The fraction of sp³-hybridized carbons (Fsp3) is 0.333. The first-order valence-electron chi connectivity index (χ1n) is 19.7. The summed E-state index contributed by atoms with van der Waals surface area (Å²) >= 11 is 0. The van der Waals surface area contributed by atoms with E-state index < -0.39 is 49.2 Å². The molecule has 5 aromatic carbocycles. The van der Waals surface area contributed by atoms with E-state index in [1.54, 1.807) is 30.3 Å². The van der Waals surface area contributed by atoms with E-state index in [-0.39, 0.29) is 82.2 Å². The number of benzene rings is 5. The highest BCUT2D eigenvalue weighted by atomic mass is 32.2. The van der Waals surface area contributed by atoms with Crippen molar-refractivity contribution >= 4 is 20.2 Å². The summed E-state index contributed by atoms with van der Waals surface area (Å²) in [6, 6.07) is 14.2. The van der Waals surface area contributed by atoms with Gasteiger partial charge in [0, 0.05) is 87.7 Å². The van der Waals surface area contributed by atoms with Gasteiger partial charge in [0.2, 0.25) is 0 Å². The molecule has 67 heavy (non-hydrogen) atoms. The molecule has 15 rings (SSSR count). The molecule has 0 aromatic heterocycles. The first-order valence-corrected chi connectivity index (χ1v) is 22.5. The van der Waals surface area contributed by atoms with Gasteiger partial charge >= 0.3 is 31.3 Å². The fourth-order valence-electron chi connectivity index (χ4n) is 7.63. The molecule has 22 heteroatoms. The molecule has 5 aromatic rings. The highest BCUT2D eigenvalue weighted by Gasteiger charge is 2.50. The quantitative estimate of drug-likeness (QED) is 0.0652. The second-order valence-corrected chi connectivity index (χ2v) is 17.9. The zero-order valence-electron chi connectivity index (χ0n) is 37.1. The van der Waals surface area contributed by atoms with Crippen molar-refractivity contribution in [2.24, 2.45) is 0 Å². The minimum Gasteiger partial charge on any atom is -0.496 e. The number of ether oxygens (including phenoxy) is 8. The highest BCUT2D eigenvalue weighted by Crippen LogP contribution is 2.44. The van der Waals surface area contributed by atoms with Gasteiger partial charge in [-0.25, -0.2) is 0 Å². The molecule has 0 unspecified atom stereocenters. The molecule has 0 N–H and O–H groups in total. The van der Waals surface area contributed by atoms with Crippen molar-refractivity contribution in [1.29, 1.82) is 0 Å². The van der Waals surface area contributed by atoms with E-state index in [2.05, 4.69) is 0 Å². The number of alkyl halides is 6. The molecule has 0 fully saturated rings. The average Bonchev–Trinajstić information content (AvgIpc) is 3.27. The van der Waals surface area contributed by atoms with Crippen molar-refractivity contribution in [3.63, 3.8) is 0 Å². The van der Waals surface area contributed by atoms with E-state index in [0.29, 0.717) is 45.1 Å². The molecule has 10 aliphatic rings. The predicted octanol–water partition coefficient (Wildman–Crippen LogP) is 8.48. The van der Waals surface area contributed by atoms with Gasteiger partial charge in [-0.15, -0.1) is 0 Å². The number of methoxy groups -OCH3 is 8.